The number of aromatic nitrogens is 6. The van der Waals surface area contributed by atoms with Gasteiger partial charge in [0.2, 0.25) is 4.73 Å². The highest BCUT2D eigenvalue weighted by Crippen LogP contribution is 2.17. The summed E-state index contributed by atoms with van der Waals surface area (Å²) >= 11 is 3.20. The Hall–Kier alpha value is -4.11. The summed E-state index contributed by atoms with van der Waals surface area (Å²) in [6, 6.07) is 23.2. The van der Waals surface area contributed by atoms with Crippen molar-refractivity contribution in [3.05, 3.63) is 107 Å². The molecule has 0 saturated carbocycles. The molecule has 176 valence electrons. The molecule has 0 fully saturated rings. The Bertz CT molecular complexity index is 1410. The third-order valence-electron chi connectivity index (χ3n) is 5.12. The van der Waals surface area contributed by atoms with Gasteiger partial charge in [0, 0.05) is 5.56 Å². The van der Waals surface area contributed by atoms with Crippen LogP contribution in [-0.2, 0) is 4.74 Å². The molecule has 2 heterocycles. The van der Waals surface area contributed by atoms with Crippen LogP contribution in [0.25, 0.3) is 22.8 Å². The van der Waals surface area contributed by atoms with E-state index in [0.29, 0.717) is 16.1 Å². The van der Waals surface area contributed by atoms with Crippen molar-refractivity contribution in [3.8, 4) is 22.8 Å². The van der Waals surface area contributed by atoms with Gasteiger partial charge in [0.1, 0.15) is 12.7 Å². The molecule has 0 aliphatic heterocycles. The SMILES string of the molecule is COC(=O)c1ccc(-c2ncn(-c3ccc(C)cc3)n2)cc1.Cc1ccc(-n2cnc(Br)n2)cc1. The molecule has 0 atom stereocenters. The van der Waals surface area contributed by atoms with Gasteiger partial charge in [-0.15, -0.1) is 10.2 Å². The molecule has 0 amide bonds. The maximum atomic E-state index is 11.4. The zero-order chi connectivity index (χ0) is 24.8. The van der Waals surface area contributed by atoms with Crippen molar-refractivity contribution in [2.24, 2.45) is 0 Å². The molecule has 0 spiro atoms. The van der Waals surface area contributed by atoms with E-state index < -0.39 is 0 Å². The number of halogens is 1. The van der Waals surface area contributed by atoms with E-state index in [1.807, 2.05) is 55.5 Å². The van der Waals surface area contributed by atoms with Gasteiger partial charge in [-0.3, -0.25) is 0 Å². The van der Waals surface area contributed by atoms with Crippen LogP contribution in [0, 0.1) is 13.8 Å². The first-order valence-electron chi connectivity index (χ1n) is 10.7. The minimum absolute atomic E-state index is 0.357. The lowest BCUT2D eigenvalue weighted by Crippen LogP contribution is -2.00. The zero-order valence-corrected chi connectivity index (χ0v) is 21.0. The van der Waals surface area contributed by atoms with Crippen molar-refractivity contribution < 1.29 is 9.53 Å². The first-order chi connectivity index (χ1) is 16.9. The predicted octanol–water partition coefficient (Wildman–Crippen LogP) is 5.37. The molecule has 2 aromatic heterocycles. The fraction of sp³-hybridized carbons (Fsp3) is 0.115. The minimum Gasteiger partial charge on any atom is -0.465 e. The van der Waals surface area contributed by atoms with Crippen LogP contribution in [0.3, 0.4) is 0 Å². The fourth-order valence-electron chi connectivity index (χ4n) is 3.16. The Labute approximate surface area is 211 Å². The number of carbonyl (C=O) groups is 1. The Morgan fingerprint density at radius 3 is 1.74 bits per heavy atom. The van der Waals surface area contributed by atoms with Gasteiger partial charge in [-0.2, -0.15) is 0 Å². The van der Waals surface area contributed by atoms with E-state index >= 15 is 0 Å². The van der Waals surface area contributed by atoms with E-state index in [1.165, 1.54) is 18.2 Å². The summed E-state index contributed by atoms with van der Waals surface area (Å²) in [5.41, 5.74) is 5.76. The lowest BCUT2D eigenvalue weighted by molar-refractivity contribution is 0.0600. The molecule has 0 aliphatic carbocycles. The first kappa shape index (κ1) is 24.0. The van der Waals surface area contributed by atoms with Gasteiger partial charge in [0.05, 0.1) is 24.0 Å². The van der Waals surface area contributed by atoms with E-state index in [9.17, 15) is 4.79 Å². The van der Waals surface area contributed by atoms with Gasteiger partial charge < -0.3 is 4.74 Å². The third kappa shape index (κ3) is 6.07. The lowest BCUT2D eigenvalue weighted by atomic mass is 10.1. The average Bonchev–Trinajstić information content (AvgIpc) is 3.55. The second-order valence-corrected chi connectivity index (χ2v) is 8.42. The summed E-state index contributed by atoms with van der Waals surface area (Å²) in [7, 11) is 1.36. The molecule has 5 rings (SSSR count). The molecule has 0 aliphatic rings. The number of nitrogens with zero attached hydrogens (tertiary/aromatic N) is 6. The van der Waals surface area contributed by atoms with E-state index in [-0.39, 0.29) is 5.97 Å². The maximum absolute atomic E-state index is 11.4. The molecule has 0 bridgehead atoms. The van der Waals surface area contributed by atoms with Crippen molar-refractivity contribution in [1.29, 1.82) is 0 Å². The maximum Gasteiger partial charge on any atom is 0.337 e. The molecule has 35 heavy (non-hydrogen) atoms. The molecule has 0 saturated heterocycles. The highest BCUT2D eigenvalue weighted by atomic mass is 79.9. The molecule has 3 aromatic carbocycles. The predicted molar refractivity (Wildman–Crippen MR) is 137 cm³/mol. The Balaban J connectivity index is 0.000000189. The first-order valence-corrected chi connectivity index (χ1v) is 11.5. The van der Waals surface area contributed by atoms with E-state index in [4.69, 9.17) is 0 Å². The number of aryl methyl sites for hydroxylation is 2. The summed E-state index contributed by atoms with van der Waals surface area (Å²) in [5, 5.41) is 8.60. The normalized spacial score (nSPS) is 10.4. The Morgan fingerprint density at radius 2 is 1.26 bits per heavy atom. The van der Waals surface area contributed by atoms with Gasteiger partial charge in [-0.25, -0.2) is 24.1 Å². The van der Waals surface area contributed by atoms with Gasteiger partial charge in [0.25, 0.3) is 0 Å². The van der Waals surface area contributed by atoms with Gasteiger partial charge in [-0.05, 0) is 66.2 Å². The fourth-order valence-corrected chi connectivity index (χ4v) is 3.42. The van der Waals surface area contributed by atoms with Gasteiger partial charge in [-0.1, -0.05) is 47.5 Å². The van der Waals surface area contributed by atoms with Crippen molar-refractivity contribution in [3.63, 3.8) is 0 Å². The van der Waals surface area contributed by atoms with E-state index in [0.717, 1.165) is 16.9 Å². The van der Waals surface area contributed by atoms with Gasteiger partial charge >= 0.3 is 5.97 Å². The van der Waals surface area contributed by atoms with Crippen LogP contribution in [0.15, 0.2) is 90.2 Å². The smallest absolute Gasteiger partial charge is 0.337 e. The number of ether oxygens (including phenoxy) is 1. The standard InChI is InChI=1S/C17H15N3O2.C9H8BrN3/c1-12-3-9-15(10-4-12)20-11-18-16(19-20)13-5-7-14(8-6-13)17(21)22-2;1-7-2-4-8(5-3-7)13-6-11-9(10)12-13/h3-11H,1-2H3;2-6H,1H3. The van der Waals surface area contributed by atoms with Gasteiger partial charge in [0.15, 0.2) is 5.82 Å². The van der Waals surface area contributed by atoms with Crippen LogP contribution in [0.2, 0.25) is 0 Å². The van der Waals surface area contributed by atoms with Crippen LogP contribution in [-0.4, -0.2) is 42.6 Å². The lowest BCUT2D eigenvalue weighted by Gasteiger charge is -2.01. The highest BCUT2D eigenvalue weighted by Gasteiger charge is 2.08. The molecule has 5 aromatic rings. The van der Waals surface area contributed by atoms with Crippen LogP contribution < -0.4 is 0 Å². The topological polar surface area (TPSA) is 87.7 Å². The van der Waals surface area contributed by atoms with E-state index in [1.54, 1.807) is 46.3 Å². The minimum atomic E-state index is -0.357. The monoisotopic (exact) mass is 530 g/mol. The molecular formula is C26H23BrN6O2. The summed E-state index contributed by atoms with van der Waals surface area (Å²) in [5.74, 6) is 0.252. The van der Waals surface area contributed by atoms with Crippen molar-refractivity contribution in [1.82, 2.24) is 29.5 Å². The molecule has 0 unspecified atom stereocenters. The number of hydrogen-bond donors (Lipinski definition) is 0. The largest absolute Gasteiger partial charge is 0.465 e. The van der Waals surface area contributed by atoms with Crippen molar-refractivity contribution >= 4 is 21.9 Å². The van der Waals surface area contributed by atoms with Crippen LogP contribution in [0.4, 0.5) is 0 Å². The molecule has 8 nitrogen and oxygen atoms in total. The molecule has 9 heteroatoms. The Morgan fingerprint density at radius 1 is 0.743 bits per heavy atom. The second kappa shape index (κ2) is 10.9. The number of rotatable bonds is 4. The number of hydrogen-bond acceptors (Lipinski definition) is 6. The summed E-state index contributed by atoms with van der Waals surface area (Å²) in [6.45, 7) is 4.10. The molecule has 0 N–H and O–H groups in total. The molecule has 0 radical (unpaired) electrons. The quantitative estimate of drug-likeness (QED) is 0.290. The third-order valence-corrected chi connectivity index (χ3v) is 5.48. The second-order valence-electron chi connectivity index (χ2n) is 7.71. The molecular weight excluding hydrogens is 508 g/mol. The number of carbonyl (C=O) groups excluding carboxylic acids is 1. The van der Waals surface area contributed by atoms with Crippen molar-refractivity contribution in [2.75, 3.05) is 7.11 Å². The zero-order valence-electron chi connectivity index (χ0n) is 19.5. The number of methoxy groups -OCH3 is 1. The highest BCUT2D eigenvalue weighted by molar-refractivity contribution is 9.10. The number of esters is 1. The number of benzene rings is 3. The summed E-state index contributed by atoms with van der Waals surface area (Å²) in [6.07, 6.45) is 3.35. The summed E-state index contributed by atoms with van der Waals surface area (Å²) < 4.78 is 8.73. The Kier molecular flexibility index (Phi) is 7.47. The van der Waals surface area contributed by atoms with Crippen molar-refractivity contribution in [2.45, 2.75) is 13.8 Å². The van der Waals surface area contributed by atoms with Crippen LogP contribution >= 0.6 is 15.9 Å². The summed E-state index contributed by atoms with van der Waals surface area (Å²) in [4.78, 5) is 19.7. The average molecular weight is 531 g/mol. The van der Waals surface area contributed by atoms with E-state index in [2.05, 4.69) is 47.8 Å². The van der Waals surface area contributed by atoms with Crippen LogP contribution in [0.1, 0.15) is 21.5 Å². The van der Waals surface area contributed by atoms with Crippen LogP contribution in [0.5, 0.6) is 0 Å².